The SMILES string of the molecule is NCCC[C@@H]1c2ccc3c(c[nH]c3c2)[C@H]2Oc3cccc4c(c[nH]c34)C[C@H](N)C(=O)N[C@@H](CC(N)=O)C(=O)N[C@@H]2C(=O)N[C@@H](CO)C(=O)N[C@@H]1C(=O)N[C@@H](CO)C(=O)N[C@@H](Cc1ccccc1)C(=O)O. The van der Waals surface area contributed by atoms with E-state index in [0.717, 1.165) is 0 Å². The molecular formula is C47H55N11O12. The first kappa shape index (κ1) is 50.0. The van der Waals surface area contributed by atoms with E-state index in [1.54, 1.807) is 72.9 Å². The van der Waals surface area contributed by atoms with Crippen LogP contribution in [-0.2, 0) is 51.2 Å². The Morgan fingerprint density at radius 3 is 2.24 bits per heavy atom. The minimum Gasteiger partial charge on any atom is -0.481 e. The summed E-state index contributed by atoms with van der Waals surface area (Å²) in [4.78, 5) is 116. The lowest BCUT2D eigenvalue weighted by Gasteiger charge is -2.33. The number of carbonyl (C=O) groups is 8. The summed E-state index contributed by atoms with van der Waals surface area (Å²) in [6.45, 7) is -1.89. The number of carboxylic acid groups (broad SMARTS) is 1. The number of ether oxygens (including phenoxy) is 1. The molecule has 17 N–H and O–H groups in total. The van der Waals surface area contributed by atoms with Crippen molar-refractivity contribution in [1.29, 1.82) is 0 Å². The van der Waals surface area contributed by atoms with Crippen LogP contribution in [0.4, 0.5) is 0 Å². The summed E-state index contributed by atoms with van der Waals surface area (Å²) < 4.78 is 6.73. The van der Waals surface area contributed by atoms with Crippen LogP contribution < -0.4 is 53.8 Å². The summed E-state index contributed by atoms with van der Waals surface area (Å²) in [5, 5.41) is 47.0. The highest BCUT2D eigenvalue weighted by Crippen LogP contribution is 2.37. The fourth-order valence-electron chi connectivity index (χ4n) is 8.78. The Hall–Kier alpha value is -7.86. The third-order valence-electron chi connectivity index (χ3n) is 12.4. The Morgan fingerprint density at radius 1 is 0.800 bits per heavy atom. The van der Waals surface area contributed by atoms with Crippen LogP contribution in [-0.4, -0.2) is 135 Å². The number of carboxylic acids is 1. The molecule has 0 unspecified atom stereocenters. The first-order valence-corrected chi connectivity index (χ1v) is 22.5. The number of carbonyl (C=O) groups excluding carboxylic acids is 7. The molecule has 70 heavy (non-hydrogen) atoms. The molecule has 3 aliphatic heterocycles. The van der Waals surface area contributed by atoms with Crippen molar-refractivity contribution in [2.45, 2.75) is 86.4 Å². The van der Waals surface area contributed by atoms with Gasteiger partial charge in [-0.25, -0.2) is 4.79 Å². The van der Waals surface area contributed by atoms with Crippen molar-refractivity contribution in [3.8, 4) is 5.75 Å². The van der Waals surface area contributed by atoms with Gasteiger partial charge in [-0.1, -0.05) is 54.6 Å². The van der Waals surface area contributed by atoms with Gasteiger partial charge >= 0.3 is 5.97 Å². The first-order valence-electron chi connectivity index (χ1n) is 22.5. The number of rotatable bonds is 14. The maximum atomic E-state index is 14.8. The second kappa shape index (κ2) is 22.1. The van der Waals surface area contributed by atoms with Crippen molar-refractivity contribution in [2.75, 3.05) is 19.8 Å². The average molecular weight is 966 g/mol. The van der Waals surface area contributed by atoms with Crippen molar-refractivity contribution in [2.24, 2.45) is 17.2 Å². The number of nitrogens with two attached hydrogens (primary N) is 3. The number of aliphatic hydroxyl groups is 2. The van der Waals surface area contributed by atoms with E-state index >= 15 is 0 Å². The van der Waals surface area contributed by atoms with E-state index in [1.165, 1.54) is 6.20 Å². The molecule has 5 heterocycles. The Bertz CT molecular complexity index is 2780. The largest absolute Gasteiger partial charge is 0.481 e. The summed E-state index contributed by atoms with van der Waals surface area (Å²) in [7, 11) is 0. The number of primary amides is 1. The van der Waals surface area contributed by atoms with Crippen LogP contribution in [0.25, 0.3) is 21.8 Å². The lowest BCUT2D eigenvalue weighted by Crippen LogP contribution is -2.62. The van der Waals surface area contributed by atoms with Gasteiger partial charge in [-0.3, -0.25) is 33.6 Å². The molecule has 0 saturated heterocycles. The van der Waals surface area contributed by atoms with E-state index in [1.807, 2.05) is 0 Å². The molecule has 5 aromatic rings. The molecule has 8 bridgehead atoms. The number of aromatic amines is 2. The molecule has 0 aliphatic carbocycles. The van der Waals surface area contributed by atoms with Crippen LogP contribution in [0, 0.1) is 0 Å². The monoisotopic (exact) mass is 965 g/mol. The van der Waals surface area contributed by atoms with Crippen molar-refractivity contribution in [3.63, 3.8) is 0 Å². The molecule has 9 atom stereocenters. The first-order chi connectivity index (χ1) is 33.6. The maximum absolute atomic E-state index is 14.8. The van der Waals surface area contributed by atoms with E-state index < -0.39 is 121 Å². The topological polar surface area (TPSA) is 388 Å². The molecule has 23 heteroatoms. The van der Waals surface area contributed by atoms with Gasteiger partial charge in [0.05, 0.1) is 31.2 Å². The van der Waals surface area contributed by atoms with Gasteiger partial charge in [0.2, 0.25) is 41.4 Å². The molecule has 8 rings (SSSR count). The fraction of sp³-hybridized carbons (Fsp3) is 0.362. The number of aromatic nitrogens is 2. The fourth-order valence-corrected chi connectivity index (χ4v) is 8.78. The number of nitrogens with one attached hydrogen (secondary N) is 8. The molecule has 370 valence electrons. The molecular weight excluding hydrogens is 911 g/mol. The van der Waals surface area contributed by atoms with Crippen molar-refractivity contribution < 1.29 is 58.4 Å². The van der Waals surface area contributed by atoms with Crippen LogP contribution in [0.5, 0.6) is 5.75 Å². The quantitative estimate of drug-likeness (QED) is 0.0551. The number of aliphatic hydroxyl groups excluding tert-OH is 2. The lowest BCUT2D eigenvalue weighted by molar-refractivity contribution is -0.142. The minimum atomic E-state index is -1.83. The number of hydrogen-bond donors (Lipinski definition) is 14. The molecule has 3 aromatic carbocycles. The molecule has 0 saturated carbocycles. The van der Waals surface area contributed by atoms with E-state index in [0.29, 0.717) is 50.5 Å². The summed E-state index contributed by atoms with van der Waals surface area (Å²) in [5.74, 6) is -9.20. The number of aliphatic carboxylic acids is 1. The van der Waals surface area contributed by atoms with Crippen molar-refractivity contribution in [1.82, 2.24) is 41.9 Å². The molecule has 3 aliphatic rings. The van der Waals surface area contributed by atoms with Crippen LogP contribution in [0.3, 0.4) is 0 Å². The maximum Gasteiger partial charge on any atom is 0.326 e. The number of amides is 7. The Morgan fingerprint density at radius 2 is 1.54 bits per heavy atom. The highest BCUT2D eigenvalue weighted by Gasteiger charge is 2.42. The van der Waals surface area contributed by atoms with Gasteiger partial charge in [0.15, 0.2) is 6.10 Å². The van der Waals surface area contributed by atoms with Crippen LogP contribution in [0.2, 0.25) is 0 Å². The van der Waals surface area contributed by atoms with Gasteiger partial charge in [0.25, 0.3) is 0 Å². The van der Waals surface area contributed by atoms with Gasteiger partial charge in [-0.05, 0) is 54.6 Å². The Labute approximate surface area is 399 Å². The third kappa shape index (κ3) is 11.2. The standard InChI is InChI=1S/C47H55N11O12/c48-13-5-9-25-23-11-12-27-28(19-51-30(27)16-23)40-39(58-42(63)31(17-36(50)61)53-41(62)29(49)15-24-18-52-37-26(24)8-4-10-35(37)70-40)46(67)56-34(21-60)44(65)57-38(25)45(66)55-33(20-59)43(64)54-32(47(68)69)14-22-6-2-1-3-7-22/h1-4,6-8,10-12,16,18-19,25,29,31-34,38-40,51-52,59-60H,5,9,13-15,17,20-21,48-49H2,(H2,50,61)(H,53,62)(H,54,64)(H,55,66)(H,56,67)(H,57,65)(H,58,63)(H,68,69)/t25-,29+,31+,32+,33+,34+,38+,39+,40-/m1/s1. The summed E-state index contributed by atoms with van der Waals surface area (Å²) in [6.07, 6.45) is 1.38. The second-order valence-corrected chi connectivity index (χ2v) is 17.2. The number of hydrogen-bond acceptors (Lipinski definition) is 13. The van der Waals surface area contributed by atoms with E-state index in [-0.39, 0.29) is 31.6 Å². The van der Waals surface area contributed by atoms with E-state index in [4.69, 9.17) is 21.9 Å². The summed E-state index contributed by atoms with van der Waals surface area (Å²) in [5.41, 5.74) is 20.6. The average Bonchev–Trinajstić information content (AvgIpc) is 3.96. The number of benzene rings is 3. The van der Waals surface area contributed by atoms with Gasteiger partial charge < -0.3 is 79.1 Å². The number of H-pyrrole nitrogens is 2. The molecule has 23 nitrogen and oxygen atoms in total. The number of fused-ring (bicyclic) bond motifs is 7. The van der Waals surface area contributed by atoms with Gasteiger partial charge in [0.1, 0.15) is 42.0 Å². The van der Waals surface area contributed by atoms with Crippen molar-refractivity contribution >= 4 is 69.1 Å². The normalized spacial score (nSPS) is 22.8. The van der Waals surface area contributed by atoms with Crippen molar-refractivity contribution in [3.05, 3.63) is 101 Å². The molecule has 7 amide bonds. The van der Waals surface area contributed by atoms with E-state index in [9.17, 15) is 53.7 Å². The smallest absolute Gasteiger partial charge is 0.326 e. The molecule has 0 spiro atoms. The third-order valence-corrected chi connectivity index (χ3v) is 12.4. The van der Waals surface area contributed by atoms with E-state index in [2.05, 4.69) is 41.9 Å². The second-order valence-electron chi connectivity index (χ2n) is 17.2. The van der Waals surface area contributed by atoms with Gasteiger partial charge in [-0.2, -0.15) is 0 Å². The highest BCUT2D eigenvalue weighted by molar-refractivity contribution is 6.00. The van der Waals surface area contributed by atoms with Crippen LogP contribution in [0.15, 0.2) is 79.1 Å². The summed E-state index contributed by atoms with van der Waals surface area (Å²) in [6, 6.07) is 7.27. The molecule has 2 aromatic heterocycles. The molecule has 0 radical (unpaired) electrons. The van der Waals surface area contributed by atoms with Gasteiger partial charge in [0, 0.05) is 46.6 Å². The Kier molecular flexibility index (Phi) is 15.8. The zero-order chi connectivity index (χ0) is 50.2. The number of para-hydroxylation sites is 1. The predicted molar refractivity (Wildman–Crippen MR) is 250 cm³/mol. The Balaban J connectivity index is 1.31. The minimum absolute atomic E-state index is 0.0125. The van der Waals surface area contributed by atoms with Gasteiger partial charge in [-0.15, -0.1) is 0 Å². The van der Waals surface area contributed by atoms with Crippen LogP contribution in [0.1, 0.15) is 53.5 Å². The summed E-state index contributed by atoms with van der Waals surface area (Å²) >= 11 is 0. The zero-order valence-corrected chi connectivity index (χ0v) is 37.6. The molecule has 0 fully saturated rings. The lowest BCUT2D eigenvalue weighted by atomic mass is 9.85. The zero-order valence-electron chi connectivity index (χ0n) is 37.6. The highest BCUT2D eigenvalue weighted by atomic mass is 16.5. The van der Waals surface area contributed by atoms with Crippen LogP contribution >= 0.6 is 0 Å². The predicted octanol–water partition coefficient (Wildman–Crippen LogP) is -2.42.